The van der Waals surface area contributed by atoms with Gasteiger partial charge in [-0.25, -0.2) is 0 Å². The third-order valence-corrected chi connectivity index (χ3v) is 3.46. The maximum Gasteiger partial charge on any atom is 0.239 e. The summed E-state index contributed by atoms with van der Waals surface area (Å²) in [7, 11) is 1.84. The van der Waals surface area contributed by atoms with Crippen LogP contribution in [0.2, 0.25) is 5.02 Å². The highest BCUT2D eigenvalue weighted by atomic mass is 35.5. The van der Waals surface area contributed by atoms with E-state index in [1.165, 1.54) is 0 Å². The Kier molecular flexibility index (Phi) is 3.69. The van der Waals surface area contributed by atoms with Crippen molar-refractivity contribution in [3.63, 3.8) is 0 Å². The first kappa shape index (κ1) is 12.4. The number of likely N-dealkylation sites (tertiary alicyclic amines) is 1. The molecule has 4 heteroatoms. The van der Waals surface area contributed by atoms with Crippen molar-refractivity contribution in [2.75, 3.05) is 13.6 Å². The van der Waals surface area contributed by atoms with Crippen LogP contribution in [0.5, 0.6) is 0 Å². The fourth-order valence-electron chi connectivity index (χ4n) is 2.15. The third kappa shape index (κ3) is 2.79. The minimum atomic E-state index is -0.0611. The molecular weight excluding hydrogens is 236 g/mol. The second-order valence-electron chi connectivity index (χ2n) is 4.54. The van der Waals surface area contributed by atoms with E-state index in [1.54, 1.807) is 4.90 Å². The first-order chi connectivity index (χ1) is 8.08. The van der Waals surface area contributed by atoms with Crippen molar-refractivity contribution in [3.05, 3.63) is 34.9 Å². The van der Waals surface area contributed by atoms with Crippen LogP contribution in [0.4, 0.5) is 0 Å². The van der Waals surface area contributed by atoms with E-state index in [0.29, 0.717) is 0 Å². The maximum atomic E-state index is 11.8. The largest absolute Gasteiger partial charge is 0.344 e. The summed E-state index contributed by atoms with van der Waals surface area (Å²) in [4.78, 5) is 13.5. The highest BCUT2D eigenvalue weighted by Crippen LogP contribution is 2.19. The molecule has 92 valence electrons. The molecule has 0 aromatic heterocycles. The average molecular weight is 253 g/mol. The lowest BCUT2D eigenvalue weighted by molar-refractivity contribution is -0.128. The molecule has 1 fully saturated rings. The van der Waals surface area contributed by atoms with Gasteiger partial charge in [0.15, 0.2) is 0 Å². The molecule has 1 aliphatic rings. The molecule has 0 bridgehead atoms. The number of carbonyl (C=O) groups is 1. The zero-order chi connectivity index (χ0) is 12.4. The van der Waals surface area contributed by atoms with Gasteiger partial charge in [0.2, 0.25) is 5.91 Å². The van der Waals surface area contributed by atoms with Crippen molar-refractivity contribution >= 4 is 17.5 Å². The number of amides is 1. The molecule has 1 heterocycles. The van der Waals surface area contributed by atoms with Crippen LogP contribution in [0.1, 0.15) is 24.9 Å². The Morgan fingerprint density at radius 2 is 2.29 bits per heavy atom. The van der Waals surface area contributed by atoms with Gasteiger partial charge in [-0.2, -0.15) is 0 Å². The van der Waals surface area contributed by atoms with E-state index in [2.05, 4.69) is 12.2 Å². The third-order valence-electron chi connectivity index (χ3n) is 3.23. The van der Waals surface area contributed by atoms with E-state index in [4.69, 9.17) is 11.6 Å². The van der Waals surface area contributed by atoms with Crippen molar-refractivity contribution in [2.24, 2.45) is 0 Å². The molecule has 1 amide bonds. The van der Waals surface area contributed by atoms with Gasteiger partial charge in [-0.15, -0.1) is 0 Å². The predicted molar refractivity (Wildman–Crippen MR) is 69.0 cm³/mol. The van der Waals surface area contributed by atoms with Crippen molar-refractivity contribution in [1.29, 1.82) is 0 Å². The van der Waals surface area contributed by atoms with Crippen LogP contribution in [0, 0.1) is 0 Å². The topological polar surface area (TPSA) is 32.3 Å². The van der Waals surface area contributed by atoms with E-state index < -0.39 is 0 Å². The number of nitrogens with one attached hydrogen (secondary N) is 1. The molecule has 1 saturated heterocycles. The standard InChI is InChI=1S/C13H17ClN2O/c1-9(10-4-3-5-11(14)8-10)15-12-6-7-16(2)13(12)17/h3-5,8-9,12,15H,6-7H2,1-2H3/t9-,12?/m0/s1. The summed E-state index contributed by atoms with van der Waals surface area (Å²) in [6.07, 6.45) is 0.875. The molecule has 1 aromatic rings. The summed E-state index contributed by atoms with van der Waals surface area (Å²) in [5, 5.41) is 4.08. The van der Waals surface area contributed by atoms with Gasteiger partial charge in [-0.05, 0) is 31.0 Å². The van der Waals surface area contributed by atoms with E-state index in [9.17, 15) is 4.79 Å². The van der Waals surface area contributed by atoms with Gasteiger partial charge in [-0.1, -0.05) is 23.7 Å². The Hall–Kier alpha value is -1.06. The number of nitrogens with zero attached hydrogens (tertiary/aromatic N) is 1. The molecular formula is C13H17ClN2O. The number of hydrogen-bond acceptors (Lipinski definition) is 2. The molecule has 0 radical (unpaired) electrons. The summed E-state index contributed by atoms with van der Waals surface area (Å²) in [5.41, 5.74) is 1.11. The van der Waals surface area contributed by atoms with Crippen molar-refractivity contribution in [3.8, 4) is 0 Å². The van der Waals surface area contributed by atoms with Crippen molar-refractivity contribution < 1.29 is 4.79 Å². The first-order valence-corrected chi connectivity index (χ1v) is 6.22. The summed E-state index contributed by atoms with van der Waals surface area (Å²) in [6, 6.07) is 7.81. The second kappa shape index (κ2) is 5.07. The lowest BCUT2D eigenvalue weighted by Gasteiger charge is -2.19. The Morgan fingerprint density at radius 3 is 2.88 bits per heavy atom. The lowest BCUT2D eigenvalue weighted by Crippen LogP contribution is -2.38. The quantitative estimate of drug-likeness (QED) is 0.895. The molecule has 0 saturated carbocycles. The van der Waals surface area contributed by atoms with Crippen molar-refractivity contribution in [2.45, 2.75) is 25.4 Å². The van der Waals surface area contributed by atoms with Crippen LogP contribution >= 0.6 is 11.6 Å². The minimum absolute atomic E-state index is 0.0611. The molecule has 0 spiro atoms. The molecule has 17 heavy (non-hydrogen) atoms. The van der Waals surface area contributed by atoms with Gasteiger partial charge < -0.3 is 4.90 Å². The summed E-state index contributed by atoms with van der Waals surface area (Å²) >= 11 is 5.95. The number of hydrogen-bond donors (Lipinski definition) is 1. The van der Waals surface area contributed by atoms with Gasteiger partial charge in [0.1, 0.15) is 0 Å². The van der Waals surface area contributed by atoms with E-state index in [1.807, 2.05) is 31.3 Å². The smallest absolute Gasteiger partial charge is 0.239 e. The van der Waals surface area contributed by atoms with E-state index in [-0.39, 0.29) is 18.0 Å². The normalized spacial score (nSPS) is 21.9. The Labute approximate surface area is 107 Å². The SMILES string of the molecule is C[C@H](NC1CCN(C)C1=O)c1cccc(Cl)c1. The van der Waals surface area contributed by atoms with Crippen LogP contribution in [-0.2, 0) is 4.79 Å². The first-order valence-electron chi connectivity index (χ1n) is 5.84. The van der Waals surface area contributed by atoms with Gasteiger partial charge in [0.25, 0.3) is 0 Å². The lowest BCUT2D eigenvalue weighted by atomic mass is 10.1. The molecule has 1 aliphatic heterocycles. The van der Waals surface area contributed by atoms with Crippen LogP contribution in [0.25, 0.3) is 0 Å². The van der Waals surface area contributed by atoms with Crippen LogP contribution in [0.3, 0.4) is 0 Å². The summed E-state index contributed by atoms with van der Waals surface area (Å²) < 4.78 is 0. The van der Waals surface area contributed by atoms with Gasteiger partial charge in [0, 0.05) is 24.7 Å². The summed E-state index contributed by atoms with van der Waals surface area (Å²) in [5.74, 6) is 0.180. The molecule has 3 nitrogen and oxygen atoms in total. The zero-order valence-electron chi connectivity index (χ0n) is 10.1. The highest BCUT2D eigenvalue weighted by molar-refractivity contribution is 6.30. The van der Waals surface area contributed by atoms with Crippen LogP contribution in [0.15, 0.2) is 24.3 Å². The monoisotopic (exact) mass is 252 g/mol. The highest BCUT2D eigenvalue weighted by Gasteiger charge is 2.29. The second-order valence-corrected chi connectivity index (χ2v) is 4.98. The number of rotatable bonds is 3. The van der Waals surface area contributed by atoms with Gasteiger partial charge in [-0.3, -0.25) is 10.1 Å². The Morgan fingerprint density at radius 1 is 1.53 bits per heavy atom. The van der Waals surface area contributed by atoms with Crippen LogP contribution < -0.4 is 5.32 Å². The number of halogens is 1. The molecule has 1 aromatic carbocycles. The van der Waals surface area contributed by atoms with Gasteiger partial charge >= 0.3 is 0 Å². The fraction of sp³-hybridized carbons (Fsp3) is 0.462. The van der Waals surface area contributed by atoms with E-state index >= 15 is 0 Å². The zero-order valence-corrected chi connectivity index (χ0v) is 10.9. The molecule has 1 unspecified atom stereocenters. The Bertz CT molecular complexity index is 422. The molecule has 2 rings (SSSR count). The molecule has 0 aliphatic carbocycles. The Balaban J connectivity index is 2.02. The van der Waals surface area contributed by atoms with Crippen LogP contribution in [-0.4, -0.2) is 30.4 Å². The summed E-state index contributed by atoms with van der Waals surface area (Å²) in [6.45, 7) is 2.88. The number of carbonyl (C=O) groups excluding carboxylic acids is 1. The minimum Gasteiger partial charge on any atom is -0.344 e. The van der Waals surface area contributed by atoms with E-state index in [0.717, 1.165) is 23.6 Å². The molecule has 1 N–H and O–H groups in total. The number of likely N-dealkylation sites (N-methyl/N-ethyl adjacent to an activating group) is 1. The fourth-order valence-corrected chi connectivity index (χ4v) is 2.35. The average Bonchev–Trinajstić information content (AvgIpc) is 2.61. The predicted octanol–water partition coefficient (Wildman–Crippen LogP) is 2.22. The van der Waals surface area contributed by atoms with Crippen molar-refractivity contribution in [1.82, 2.24) is 10.2 Å². The number of benzene rings is 1. The van der Waals surface area contributed by atoms with Gasteiger partial charge in [0.05, 0.1) is 6.04 Å². The molecule has 2 atom stereocenters. The maximum absolute atomic E-state index is 11.8.